The number of Topliss-reactive ketones (excluding diaryl/α,β-unsaturated/α-hetero) is 1. The zero-order valence-electron chi connectivity index (χ0n) is 11.4. The Labute approximate surface area is 109 Å². The van der Waals surface area contributed by atoms with Crippen LogP contribution in [0.2, 0.25) is 0 Å². The summed E-state index contributed by atoms with van der Waals surface area (Å²) in [6, 6.07) is 0. The van der Waals surface area contributed by atoms with Crippen LogP contribution in [-0.4, -0.2) is 28.1 Å². The fourth-order valence-electron chi connectivity index (χ4n) is 1.90. The molecule has 0 aliphatic rings. The molecule has 0 aromatic rings. The standard InChI is InChI=1S/C14H26O4/c1-2-7-12(15)8-5-3-4-6-9-13(16)10-11-14(17)18/h12,15H,2-11H2,1H3,(H,17,18). The third kappa shape index (κ3) is 11.6. The number of carboxylic acids is 1. The minimum absolute atomic E-state index is 0.0448. The van der Waals surface area contributed by atoms with Crippen LogP contribution in [0.1, 0.15) is 71.1 Å². The van der Waals surface area contributed by atoms with Crippen molar-refractivity contribution in [1.82, 2.24) is 0 Å². The van der Waals surface area contributed by atoms with Crippen LogP contribution in [0.25, 0.3) is 0 Å². The van der Waals surface area contributed by atoms with E-state index in [4.69, 9.17) is 5.11 Å². The van der Waals surface area contributed by atoms with Gasteiger partial charge in [0.25, 0.3) is 0 Å². The summed E-state index contributed by atoms with van der Waals surface area (Å²) >= 11 is 0. The first-order valence-corrected chi connectivity index (χ1v) is 6.97. The smallest absolute Gasteiger partial charge is 0.303 e. The second kappa shape index (κ2) is 11.2. The van der Waals surface area contributed by atoms with E-state index in [9.17, 15) is 14.7 Å². The van der Waals surface area contributed by atoms with Gasteiger partial charge in [-0.15, -0.1) is 0 Å². The Morgan fingerprint density at radius 2 is 1.61 bits per heavy atom. The second-order valence-electron chi connectivity index (χ2n) is 4.83. The molecule has 0 fully saturated rings. The number of carbonyl (C=O) groups is 2. The van der Waals surface area contributed by atoms with Crippen molar-refractivity contribution >= 4 is 11.8 Å². The highest BCUT2D eigenvalue weighted by molar-refractivity contribution is 5.82. The van der Waals surface area contributed by atoms with Crippen molar-refractivity contribution in [2.45, 2.75) is 77.2 Å². The lowest BCUT2D eigenvalue weighted by Crippen LogP contribution is -2.05. The van der Waals surface area contributed by atoms with E-state index in [1.807, 2.05) is 0 Å². The van der Waals surface area contributed by atoms with Gasteiger partial charge >= 0.3 is 5.97 Å². The maximum absolute atomic E-state index is 11.3. The summed E-state index contributed by atoms with van der Waals surface area (Å²) in [7, 11) is 0. The molecule has 1 unspecified atom stereocenters. The Morgan fingerprint density at radius 1 is 0.944 bits per heavy atom. The van der Waals surface area contributed by atoms with Crippen molar-refractivity contribution in [3.05, 3.63) is 0 Å². The van der Waals surface area contributed by atoms with Crippen molar-refractivity contribution in [2.24, 2.45) is 0 Å². The number of carbonyl (C=O) groups excluding carboxylic acids is 1. The molecular formula is C14H26O4. The summed E-state index contributed by atoms with van der Waals surface area (Å²) < 4.78 is 0. The molecule has 0 bridgehead atoms. The van der Waals surface area contributed by atoms with Crippen molar-refractivity contribution in [1.29, 1.82) is 0 Å². The number of unbranched alkanes of at least 4 members (excludes halogenated alkanes) is 3. The number of hydrogen-bond acceptors (Lipinski definition) is 3. The largest absolute Gasteiger partial charge is 0.481 e. The third-order valence-corrected chi connectivity index (χ3v) is 2.98. The van der Waals surface area contributed by atoms with Crippen LogP contribution in [0.3, 0.4) is 0 Å². The van der Waals surface area contributed by atoms with Gasteiger partial charge < -0.3 is 10.2 Å². The van der Waals surface area contributed by atoms with Gasteiger partial charge in [-0.1, -0.05) is 32.6 Å². The monoisotopic (exact) mass is 258 g/mol. The number of aliphatic carboxylic acids is 1. The maximum atomic E-state index is 11.3. The molecule has 0 aromatic heterocycles. The molecule has 106 valence electrons. The summed E-state index contributed by atoms with van der Waals surface area (Å²) in [5.41, 5.74) is 0. The van der Waals surface area contributed by atoms with Crippen LogP contribution in [0, 0.1) is 0 Å². The molecule has 4 heteroatoms. The molecule has 4 nitrogen and oxygen atoms in total. The lowest BCUT2D eigenvalue weighted by atomic mass is 10.0. The maximum Gasteiger partial charge on any atom is 0.303 e. The molecule has 0 heterocycles. The van der Waals surface area contributed by atoms with Gasteiger partial charge in [0, 0.05) is 12.8 Å². The Balaban J connectivity index is 3.29. The second-order valence-corrected chi connectivity index (χ2v) is 4.83. The van der Waals surface area contributed by atoms with Gasteiger partial charge in [0.15, 0.2) is 0 Å². The van der Waals surface area contributed by atoms with Gasteiger partial charge in [-0.2, -0.15) is 0 Å². The van der Waals surface area contributed by atoms with Crippen LogP contribution < -0.4 is 0 Å². The first kappa shape index (κ1) is 17.1. The molecule has 0 radical (unpaired) electrons. The Bertz CT molecular complexity index is 238. The topological polar surface area (TPSA) is 74.6 Å². The van der Waals surface area contributed by atoms with Gasteiger partial charge in [-0.05, 0) is 19.3 Å². The van der Waals surface area contributed by atoms with Gasteiger partial charge in [-0.3, -0.25) is 9.59 Å². The van der Waals surface area contributed by atoms with E-state index in [1.165, 1.54) is 0 Å². The fraction of sp³-hybridized carbons (Fsp3) is 0.857. The number of aliphatic hydroxyl groups excluding tert-OH is 1. The number of aliphatic hydroxyl groups is 1. The molecule has 0 aliphatic carbocycles. The first-order chi connectivity index (χ1) is 8.56. The predicted molar refractivity (Wildman–Crippen MR) is 70.5 cm³/mol. The van der Waals surface area contributed by atoms with Gasteiger partial charge in [0.05, 0.1) is 12.5 Å². The van der Waals surface area contributed by atoms with Gasteiger partial charge in [0.2, 0.25) is 0 Å². The number of carboxylic acid groups (broad SMARTS) is 1. The molecule has 0 rings (SSSR count). The summed E-state index contributed by atoms with van der Waals surface area (Å²) in [5, 5.41) is 17.9. The number of rotatable bonds is 12. The summed E-state index contributed by atoms with van der Waals surface area (Å²) in [6.07, 6.45) is 7.01. The molecule has 0 saturated carbocycles. The van der Waals surface area contributed by atoms with E-state index in [-0.39, 0.29) is 24.7 Å². The third-order valence-electron chi connectivity index (χ3n) is 2.98. The van der Waals surface area contributed by atoms with E-state index in [0.29, 0.717) is 6.42 Å². The Morgan fingerprint density at radius 3 is 2.22 bits per heavy atom. The molecule has 0 aromatic carbocycles. The van der Waals surface area contributed by atoms with Crippen LogP contribution >= 0.6 is 0 Å². The lowest BCUT2D eigenvalue weighted by Gasteiger charge is -2.08. The van der Waals surface area contributed by atoms with Crippen LogP contribution in [0.5, 0.6) is 0 Å². The van der Waals surface area contributed by atoms with E-state index >= 15 is 0 Å². The first-order valence-electron chi connectivity index (χ1n) is 6.97. The van der Waals surface area contributed by atoms with Crippen molar-refractivity contribution in [3.63, 3.8) is 0 Å². The highest BCUT2D eigenvalue weighted by Crippen LogP contribution is 2.11. The minimum Gasteiger partial charge on any atom is -0.481 e. The van der Waals surface area contributed by atoms with E-state index in [2.05, 4.69) is 6.92 Å². The number of ketones is 1. The summed E-state index contributed by atoms with van der Waals surface area (Å²) in [5.74, 6) is -0.864. The zero-order chi connectivity index (χ0) is 13.8. The molecule has 0 aliphatic heterocycles. The van der Waals surface area contributed by atoms with Crippen molar-refractivity contribution < 1.29 is 19.8 Å². The SMILES string of the molecule is CCCC(O)CCCCCCC(=O)CCC(=O)O. The van der Waals surface area contributed by atoms with Crippen LogP contribution in [0.15, 0.2) is 0 Å². The lowest BCUT2D eigenvalue weighted by molar-refractivity contribution is -0.138. The van der Waals surface area contributed by atoms with E-state index in [1.54, 1.807) is 0 Å². The molecular weight excluding hydrogens is 232 g/mol. The normalized spacial score (nSPS) is 12.3. The molecule has 18 heavy (non-hydrogen) atoms. The molecule has 0 spiro atoms. The van der Waals surface area contributed by atoms with E-state index in [0.717, 1.165) is 44.9 Å². The van der Waals surface area contributed by atoms with Gasteiger partial charge in [0.1, 0.15) is 5.78 Å². The van der Waals surface area contributed by atoms with Crippen LogP contribution in [0.4, 0.5) is 0 Å². The van der Waals surface area contributed by atoms with E-state index < -0.39 is 5.97 Å². The average molecular weight is 258 g/mol. The molecule has 0 amide bonds. The molecule has 1 atom stereocenters. The van der Waals surface area contributed by atoms with Gasteiger partial charge in [-0.25, -0.2) is 0 Å². The fourth-order valence-corrected chi connectivity index (χ4v) is 1.90. The number of hydrogen-bond donors (Lipinski definition) is 2. The predicted octanol–water partition coefficient (Wildman–Crippen LogP) is 2.92. The average Bonchev–Trinajstić information content (AvgIpc) is 2.31. The summed E-state index contributed by atoms with van der Waals surface area (Å²) in [4.78, 5) is 21.5. The molecule has 0 saturated heterocycles. The minimum atomic E-state index is -0.909. The quantitative estimate of drug-likeness (QED) is 0.528. The zero-order valence-corrected chi connectivity index (χ0v) is 11.4. The summed E-state index contributed by atoms with van der Waals surface area (Å²) in [6.45, 7) is 2.06. The highest BCUT2D eigenvalue weighted by Gasteiger charge is 2.05. The highest BCUT2D eigenvalue weighted by atomic mass is 16.4. The molecule has 2 N–H and O–H groups in total. The van der Waals surface area contributed by atoms with Crippen molar-refractivity contribution in [2.75, 3.05) is 0 Å². The van der Waals surface area contributed by atoms with Crippen LogP contribution in [-0.2, 0) is 9.59 Å². The Kier molecular flexibility index (Phi) is 10.6. The Hall–Kier alpha value is -0.900. The van der Waals surface area contributed by atoms with Crippen molar-refractivity contribution in [3.8, 4) is 0 Å².